The monoisotopic (exact) mass is 94.1 g/mol. The molecule has 0 saturated carbocycles. The topological polar surface area (TPSA) is 47.6 Å². The fourth-order valence-electron chi connectivity index (χ4n) is 0.189. The maximum Gasteiger partial charge on any atom is 0.0908 e. The summed E-state index contributed by atoms with van der Waals surface area (Å²) in [6, 6.07) is 1.82. The van der Waals surface area contributed by atoms with E-state index in [1.165, 1.54) is 12.3 Å². The largest absolute Gasteiger partial charge is 0.313 e. The minimum atomic E-state index is 0.563. The molecule has 0 aromatic carbocycles. The second kappa shape index (κ2) is 4.90. The van der Waals surface area contributed by atoms with Crippen molar-refractivity contribution in [3.05, 3.63) is 12.2 Å². The molecular formula is C5H6N2. The zero-order chi connectivity index (χ0) is 5.54. The number of nitrogens with one attached hydrogen (secondary N) is 1. The predicted octanol–water partition coefficient (Wildman–Crippen LogP) is 1.11. The van der Waals surface area contributed by atoms with Crippen LogP contribution in [0.3, 0.4) is 0 Å². The smallest absolute Gasteiger partial charge is 0.0908 e. The summed E-state index contributed by atoms with van der Waals surface area (Å²) >= 11 is 0. The Morgan fingerprint density at radius 2 is 2.43 bits per heavy atom. The molecule has 0 aromatic heterocycles. The summed E-state index contributed by atoms with van der Waals surface area (Å²) in [5, 5.41) is 14.4. The molecule has 0 aromatic rings. The van der Waals surface area contributed by atoms with Crippen LogP contribution in [0.4, 0.5) is 0 Å². The van der Waals surface area contributed by atoms with Crippen LogP contribution in [0.15, 0.2) is 12.2 Å². The molecule has 0 fully saturated rings. The van der Waals surface area contributed by atoms with Gasteiger partial charge >= 0.3 is 0 Å². The van der Waals surface area contributed by atoms with Gasteiger partial charge in [0.05, 0.1) is 6.07 Å². The lowest BCUT2D eigenvalue weighted by atomic mass is 10.4. The number of nitrogens with zero attached hydrogens (tertiary/aromatic N) is 1. The van der Waals surface area contributed by atoms with E-state index in [0.717, 1.165) is 0 Å². The fraction of sp³-hybridized carbons (Fsp3) is 0.200. The molecule has 0 aliphatic carbocycles. The van der Waals surface area contributed by atoms with Crippen LogP contribution in [0, 0.1) is 16.7 Å². The Bertz CT molecular complexity index is 108. The van der Waals surface area contributed by atoms with E-state index >= 15 is 0 Å². The molecule has 0 spiro atoms. The van der Waals surface area contributed by atoms with Crippen molar-refractivity contribution < 1.29 is 0 Å². The number of rotatable bonds is 2. The van der Waals surface area contributed by atoms with Crippen molar-refractivity contribution in [3.8, 4) is 6.07 Å². The summed E-state index contributed by atoms with van der Waals surface area (Å²) < 4.78 is 0. The average molecular weight is 94.1 g/mol. The van der Waals surface area contributed by atoms with E-state index in [9.17, 15) is 0 Å². The Labute approximate surface area is 42.6 Å². The summed E-state index contributed by atoms with van der Waals surface area (Å²) in [7, 11) is 0. The minimum absolute atomic E-state index is 0.563. The first-order chi connectivity index (χ1) is 3.41. The van der Waals surface area contributed by atoms with E-state index in [2.05, 4.69) is 0 Å². The lowest BCUT2D eigenvalue weighted by Gasteiger charge is -1.67. The van der Waals surface area contributed by atoms with Gasteiger partial charge in [0.15, 0.2) is 0 Å². The molecule has 0 unspecified atom stereocenters. The number of nitriles is 1. The minimum Gasteiger partial charge on any atom is -0.313 e. The van der Waals surface area contributed by atoms with E-state index < -0.39 is 0 Å². The van der Waals surface area contributed by atoms with Gasteiger partial charge in [-0.05, 0) is 6.21 Å². The van der Waals surface area contributed by atoms with Gasteiger partial charge in [0.25, 0.3) is 0 Å². The highest BCUT2D eigenvalue weighted by Gasteiger charge is 1.63. The molecule has 0 aliphatic heterocycles. The van der Waals surface area contributed by atoms with Crippen LogP contribution in [0.2, 0.25) is 0 Å². The maximum absolute atomic E-state index is 7.88. The molecule has 36 valence electrons. The van der Waals surface area contributed by atoms with Gasteiger partial charge in [0.2, 0.25) is 0 Å². The zero-order valence-corrected chi connectivity index (χ0v) is 3.89. The SMILES string of the molecule is N#CC=CCC=N. The van der Waals surface area contributed by atoms with Crippen LogP contribution >= 0.6 is 0 Å². The average Bonchev–Trinajstić information content (AvgIpc) is 1.69. The van der Waals surface area contributed by atoms with Crippen molar-refractivity contribution >= 4 is 6.21 Å². The molecule has 1 N–H and O–H groups in total. The molecule has 0 atom stereocenters. The van der Waals surface area contributed by atoms with Crippen LogP contribution in [0.5, 0.6) is 0 Å². The Kier molecular flexibility index (Phi) is 4.13. The van der Waals surface area contributed by atoms with Crippen molar-refractivity contribution in [1.29, 1.82) is 10.7 Å². The second-order valence-corrected chi connectivity index (χ2v) is 0.971. The molecule has 7 heavy (non-hydrogen) atoms. The molecule has 2 nitrogen and oxygen atoms in total. The maximum atomic E-state index is 7.88. The standard InChI is InChI=1S/C5H6N2/c6-4-2-1-3-5-7/h1-2,5,7H,3H2. The van der Waals surface area contributed by atoms with Crippen LogP contribution in [0.1, 0.15) is 6.42 Å². The number of hydrogen-bond donors (Lipinski definition) is 1. The van der Waals surface area contributed by atoms with E-state index in [0.29, 0.717) is 6.42 Å². The van der Waals surface area contributed by atoms with E-state index in [4.69, 9.17) is 10.7 Å². The van der Waals surface area contributed by atoms with E-state index in [1.807, 2.05) is 6.07 Å². The summed E-state index contributed by atoms with van der Waals surface area (Å²) in [4.78, 5) is 0. The highest BCUT2D eigenvalue weighted by Crippen LogP contribution is 1.72. The van der Waals surface area contributed by atoms with Gasteiger partial charge in [0.1, 0.15) is 0 Å². The van der Waals surface area contributed by atoms with Crippen LogP contribution in [-0.2, 0) is 0 Å². The fourth-order valence-corrected chi connectivity index (χ4v) is 0.189. The zero-order valence-electron chi connectivity index (χ0n) is 3.89. The lowest BCUT2D eigenvalue weighted by molar-refractivity contribution is 1.43. The quantitative estimate of drug-likeness (QED) is 0.404. The highest BCUT2D eigenvalue weighted by molar-refractivity contribution is 5.55. The van der Waals surface area contributed by atoms with Gasteiger partial charge in [-0.15, -0.1) is 0 Å². The number of hydrogen-bond acceptors (Lipinski definition) is 2. The summed E-state index contributed by atoms with van der Waals surface area (Å²) in [6.45, 7) is 0. The molecular weight excluding hydrogens is 88.1 g/mol. The summed E-state index contributed by atoms with van der Waals surface area (Å²) in [6.07, 6.45) is 4.80. The van der Waals surface area contributed by atoms with Gasteiger partial charge in [-0.3, -0.25) is 0 Å². The van der Waals surface area contributed by atoms with E-state index in [-0.39, 0.29) is 0 Å². The highest BCUT2D eigenvalue weighted by atomic mass is 14.3. The van der Waals surface area contributed by atoms with Crippen molar-refractivity contribution in [3.63, 3.8) is 0 Å². The van der Waals surface area contributed by atoms with Gasteiger partial charge < -0.3 is 5.41 Å². The molecule has 0 aliphatic rings. The third-order valence-electron chi connectivity index (χ3n) is 0.446. The Balaban J connectivity index is 3.14. The van der Waals surface area contributed by atoms with Gasteiger partial charge in [-0.2, -0.15) is 5.26 Å². The normalized spacial score (nSPS) is 8.43. The first-order valence-electron chi connectivity index (χ1n) is 1.95. The molecule has 0 bridgehead atoms. The van der Waals surface area contributed by atoms with Crippen LogP contribution in [-0.4, -0.2) is 6.21 Å². The van der Waals surface area contributed by atoms with Crippen molar-refractivity contribution in [2.24, 2.45) is 0 Å². The molecule has 0 saturated heterocycles. The number of allylic oxidation sites excluding steroid dienone is 2. The molecule has 0 amide bonds. The summed E-state index contributed by atoms with van der Waals surface area (Å²) in [5.41, 5.74) is 0. The van der Waals surface area contributed by atoms with Crippen molar-refractivity contribution in [2.75, 3.05) is 0 Å². The van der Waals surface area contributed by atoms with Crippen LogP contribution < -0.4 is 0 Å². The lowest BCUT2D eigenvalue weighted by Crippen LogP contribution is -1.60. The van der Waals surface area contributed by atoms with Crippen molar-refractivity contribution in [2.45, 2.75) is 6.42 Å². The van der Waals surface area contributed by atoms with E-state index in [1.54, 1.807) is 6.08 Å². The molecule has 2 heteroatoms. The Hall–Kier alpha value is -1.10. The van der Waals surface area contributed by atoms with Gasteiger partial charge in [-0.25, -0.2) is 0 Å². The molecule has 0 radical (unpaired) electrons. The third-order valence-corrected chi connectivity index (χ3v) is 0.446. The van der Waals surface area contributed by atoms with Gasteiger partial charge in [-0.1, -0.05) is 6.08 Å². The first kappa shape index (κ1) is 5.90. The van der Waals surface area contributed by atoms with Gasteiger partial charge in [0, 0.05) is 12.5 Å². The van der Waals surface area contributed by atoms with Crippen LogP contribution in [0.25, 0.3) is 0 Å². The molecule has 0 rings (SSSR count). The Morgan fingerprint density at radius 3 is 2.86 bits per heavy atom. The summed E-state index contributed by atoms with van der Waals surface area (Å²) in [5.74, 6) is 0. The molecule has 0 heterocycles. The first-order valence-corrected chi connectivity index (χ1v) is 1.95. The predicted molar refractivity (Wildman–Crippen MR) is 28.2 cm³/mol. The van der Waals surface area contributed by atoms with Crippen molar-refractivity contribution in [1.82, 2.24) is 0 Å². The second-order valence-electron chi connectivity index (χ2n) is 0.971. The third kappa shape index (κ3) is 4.90. The Morgan fingerprint density at radius 1 is 1.71 bits per heavy atom.